The third kappa shape index (κ3) is 7.51. The van der Waals surface area contributed by atoms with E-state index in [1.807, 2.05) is 46.0 Å². The van der Waals surface area contributed by atoms with Gasteiger partial charge in [-0.05, 0) is 43.2 Å². The lowest BCUT2D eigenvalue weighted by molar-refractivity contribution is 0.143. The smallest absolute Gasteiger partial charge is 0.0565 e. The minimum atomic E-state index is 0.397. The number of aromatic nitrogens is 1. The minimum Gasteiger partial charge on any atom is -0.397 e. The average molecular weight is 321 g/mol. The number of hydrogen-bond donors (Lipinski definition) is 2. The maximum Gasteiger partial charge on any atom is 0.0565 e. The number of rotatable bonds is 3. The van der Waals surface area contributed by atoms with Gasteiger partial charge in [0.25, 0.3) is 0 Å². The summed E-state index contributed by atoms with van der Waals surface area (Å²) in [5.41, 5.74) is 8.17. The highest BCUT2D eigenvalue weighted by Gasteiger charge is 2.28. The summed E-state index contributed by atoms with van der Waals surface area (Å²) in [6, 6.07) is 4.18. The van der Waals surface area contributed by atoms with E-state index in [1.54, 1.807) is 17.4 Å². The van der Waals surface area contributed by atoms with Crippen molar-refractivity contribution < 1.29 is 0 Å². The van der Waals surface area contributed by atoms with Crippen LogP contribution in [0.25, 0.3) is 5.70 Å². The molecule has 23 heavy (non-hydrogen) atoms. The van der Waals surface area contributed by atoms with E-state index in [1.165, 1.54) is 12.8 Å². The van der Waals surface area contributed by atoms with Gasteiger partial charge in [-0.25, -0.2) is 5.84 Å². The molecule has 1 aromatic rings. The first-order valence-electron chi connectivity index (χ1n) is 8.89. The van der Waals surface area contributed by atoms with E-state index in [2.05, 4.69) is 18.8 Å². The van der Waals surface area contributed by atoms with Crippen LogP contribution in [0.3, 0.4) is 0 Å². The molecular weight excluding hydrogens is 284 g/mol. The maximum atomic E-state index is 6.14. The molecule has 0 unspecified atom stereocenters. The van der Waals surface area contributed by atoms with Crippen molar-refractivity contribution in [3.05, 3.63) is 36.3 Å². The van der Waals surface area contributed by atoms with Gasteiger partial charge in [-0.1, -0.05) is 41.5 Å². The van der Waals surface area contributed by atoms with Gasteiger partial charge < -0.3 is 10.7 Å². The Labute approximate surface area is 142 Å². The van der Waals surface area contributed by atoms with Gasteiger partial charge in [-0.15, -0.1) is 0 Å². The molecule has 0 spiro atoms. The summed E-state index contributed by atoms with van der Waals surface area (Å²) in [5, 5.41) is 1.78. The molecule has 0 saturated heterocycles. The Morgan fingerprint density at radius 1 is 1.13 bits per heavy atom. The molecule has 0 aliphatic heterocycles. The third-order valence-electron chi connectivity index (χ3n) is 4.03. The van der Waals surface area contributed by atoms with E-state index >= 15 is 0 Å². The molecule has 0 bridgehead atoms. The number of nitrogens with two attached hydrogens (primary N) is 2. The highest BCUT2D eigenvalue weighted by molar-refractivity contribution is 5.61. The van der Waals surface area contributed by atoms with Crippen molar-refractivity contribution in [1.29, 1.82) is 0 Å². The van der Waals surface area contributed by atoms with Gasteiger partial charge in [0.15, 0.2) is 0 Å². The van der Waals surface area contributed by atoms with E-state index in [-0.39, 0.29) is 0 Å². The largest absolute Gasteiger partial charge is 0.397 e. The van der Waals surface area contributed by atoms with E-state index in [9.17, 15) is 0 Å². The standard InChI is InChI=1S/C15H24N4.2C2H6/c1-15(2)7-3-13(4-8-15)19(17)11-14(16)12-5-9-18-10-6-12;2*1-2/h5-6,9-11,13H,3-4,7-8,16-17H2,1-2H3;2*1-2H3/b14-11-;;. The van der Waals surface area contributed by atoms with Gasteiger partial charge in [0.1, 0.15) is 0 Å². The third-order valence-corrected chi connectivity index (χ3v) is 4.03. The molecule has 1 saturated carbocycles. The van der Waals surface area contributed by atoms with Crippen LogP contribution in [-0.4, -0.2) is 16.0 Å². The van der Waals surface area contributed by atoms with Crippen molar-refractivity contribution in [2.24, 2.45) is 17.0 Å². The van der Waals surface area contributed by atoms with E-state index < -0.39 is 0 Å². The quantitative estimate of drug-likeness (QED) is 0.634. The summed E-state index contributed by atoms with van der Waals surface area (Å²) in [6.07, 6.45) is 10.0. The number of hydrazine groups is 1. The van der Waals surface area contributed by atoms with Crippen LogP contribution >= 0.6 is 0 Å². The Morgan fingerprint density at radius 2 is 1.61 bits per heavy atom. The van der Waals surface area contributed by atoms with Gasteiger partial charge in [0, 0.05) is 30.2 Å². The number of pyridine rings is 1. The van der Waals surface area contributed by atoms with Crippen molar-refractivity contribution in [1.82, 2.24) is 9.99 Å². The molecular formula is C19H36N4. The fourth-order valence-corrected chi connectivity index (χ4v) is 2.57. The molecule has 0 atom stereocenters. The first kappa shape index (κ1) is 21.4. The Hall–Kier alpha value is -1.55. The van der Waals surface area contributed by atoms with Crippen LogP contribution < -0.4 is 11.6 Å². The Balaban J connectivity index is 0.00000112. The monoisotopic (exact) mass is 320 g/mol. The molecule has 0 radical (unpaired) electrons. The molecule has 1 aromatic heterocycles. The molecule has 1 aliphatic rings. The summed E-state index contributed by atoms with van der Waals surface area (Å²) < 4.78 is 0. The van der Waals surface area contributed by atoms with Gasteiger partial charge >= 0.3 is 0 Å². The van der Waals surface area contributed by atoms with Crippen LogP contribution in [0.15, 0.2) is 30.7 Å². The first-order valence-corrected chi connectivity index (χ1v) is 8.89. The molecule has 0 amide bonds. The Morgan fingerprint density at radius 3 is 2.09 bits per heavy atom. The lowest BCUT2D eigenvalue weighted by Gasteiger charge is -2.37. The summed E-state index contributed by atoms with van der Waals surface area (Å²) in [5.74, 6) is 6.14. The number of nitrogens with zero attached hydrogens (tertiary/aromatic N) is 2. The highest BCUT2D eigenvalue weighted by Crippen LogP contribution is 2.36. The van der Waals surface area contributed by atoms with E-state index in [0.717, 1.165) is 18.4 Å². The second-order valence-corrected chi connectivity index (χ2v) is 6.16. The summed E-state index contributed by atoms with van der Waals surface area (Å²) >= 11 is 0. The van der Waals surface area contributed by atoms with Gasteiger partial charge in [-0.2, -0.15) is 0 Å². The fraction of sp³-hybridized carbons (Fsp3) is 0.632. The molecule has 132 valence electrons. The predicted octanol–water partition coefficient (Wildman–Crippen LogP) is 4.54. The van der Waals surface area contributed by atoms with Crippen LogP contribution in [-0.2, 0) is 0 Å². The predicted molar refractivity (Wildman–Crippen MR) is 101 cm³/mol. The van der Waals surface area contributed by atoms with Gasteiger partial charge in [0.05, 0.1) is 5.70 Å². The first-order chi connectivity index (χ1) is 11.0. The zero-order valence-corrected chi connectivity index (χ0v) is 15.8. The lowest BCUT2D eigenvalue weighted by Crippen LogP contribution is -2.41. The average Bonchev–Trinajstić information content (AvgIpc) is 2.59. The summed E-state index contributed by atoms with van der Waals surface area (Å²) in [6.45, 7) is 12.6. The second kappa shape index (κ2) is 11.1. The zero-order valence-electron chi connectivity index (χ0n) is 15.8. The van der Waals surface area contributed by atoms with E-state index in [4.69, 9.17) is 11.6 Å². The fourth-order valence-electron chi connectivity index (χ4n) is 2.57. The van der Waals surface area contributed by atoms with Crippen LogP contribution in [0.4, 0.5) is 0 Å². The van der Waals surface area contributed by atoms with Gasteiger partial charge in [-0.3, -0.25) is 4.98 Å². The van der Waals surface area contributed by atoms with Crippen LogP contribution in [0.5, 0.6) is 0 Å². The topological polar surface area (TPSA) is 68.2 Å². The summed E-state index contributed by atoms with van der Waals surface area (Å²) in [4.78, 5) is 3.99. The second-order valence-electron chi connectivity index (χ2n) is 6.16. The van der Waals surface area contributed by atoms with Crippen molar-refractivity contribution in [2.45, 2.75) is 73.3 Å². The van der Waals surface area contributed by atoms with Crippen molar-refractivity contribution in [2.75, 3.05) is 0 Å². The normalized spacial score (nSPS) is 17.3. The Bertz CT molecular complexity index is 430. The van der Waals surface area contributed by atoms with Crippen molar-refractivity contribution >= 4 is 5.70 Å². The molecule has 4 N–H and O–H groups in total. The maximum absolute atomic E-state index is 6.14. The zero-order chi connectivity index (χ0) is 17.9. The molecule has 1 fully saturated rings. The molecule has 1 aliphatic carbocycles. The molecule has 4 heteroatoms. The molecule has 0 aromatic carbocycles. The molecule has 2 rings (SSSR count). The SMILES string of the molecule is CC.CC.CC1(C)CCC(N(N)/C=C(\N)c2ccncc2)CC1. The van der Waals surface area contributed by atoms with Crippen LogP contribution in [0, 0.1) is 5.41 Å². The van der Waals surface area contributed by atoms with Crippen molar-refractivity contribution in [3.63, 3.8) is 0 Å². The number of hydrogen-bond acceptors (Lipinski definition) is 4. The van der Waals surface area contributed by atoms with E-state index in [0.29, 0.717) is 17.2 Å². The summed E-state index contributed by atoms with van der Waals surface area (Å²) in [7, 11) is 0. The minimum absolute atomic E-state index is 0.397. The van der Waals surface area contributed by atoms with Crippen molar-refractivity contribution in [3.8, 4) is 0 Å². The Kier molecular flexibility index (Phi) is 10.3. The molecule has 1 heterocycles. The highest BCUT2D eigenvalue weighted by atomic mass is 15.4. The molecule has 4 nitrogen and oxygen atoms in total. The van der Waals surface area contributed by atoms with Crippen LogP contribution in [0.1, 0.15) is 72.8 Å². The van der Waals surface area contributed by atoms with Gasteiger partial charge in [0.2, 0.25) is 0 Å². The lowest BCUT2D eigenvalue weighted by atomic mass is 9.75. The van der Waals surface area contributed by atoms with Crippen LogP contribution in [0.2, 0.25) is 0 Å².